The Morgan fingerprint density at radius 2 is 1.82 bits per heavy atom. The van der Waals surface area contributed by atoms with Crippen molar-refractivity contribution in [1.82, 2.24) is 0 Å². The molecule has 1 aliphatic rings. The summed E-state index contributed by atoms with van der Waals surface area (Å²) in [5.41, 5.74) is 0.383. The minimum absolute atomic E-state index is 0.369. The van der Waals surface area contributed by atoms with Gasteiger partial charge in [-0.2, -0.15) is 0 Å². The van der Waals surface area contributed by atoms with E-state index in [4.69, 9.17) is 14.2 Å². The van der Waals surface area contributed by atoms with E-state index >= 15 is 0 Å². The number of aliphatic hydroxyl groups is 1. The van der Waals surface area contributed by atoms with Crippen LogP contribution in [0.15, 0.2) is 12.1 Å². The fourth-order valence-corrected chi connectivity index (χ4v) is 2.14. The van der Waals surface area contributed by atoms with Crippen molar-refractivity contribution >= 4 is 0 Å². The Kier molecular flexibility index (Phi) is 2.91. The molecule has 0 aliphatic carbocycles. The molecule has 0 fully saturated rings. The van der Waals surface area contributed by atoms with Gasteiger partial charge in [0.2, 0.25) is 0 Å². The number of benzene rings is 1. The summed E-state index contributed by atoms with van der Waals surface area (Å²) in [4.78, 5) is 0. The Labute approximate surface area is 101 Å². The van der Waals surface area contributed by atoms with E-state index in [9.17, 15) is 5.11 Å². The highest BCUT2D eigenvalue weighted by molar-refractivity contribution is 5.52. The second-order valence-corrected chi connectivity index (χ2v) is 4.83. The van der Waals surface area contributed by atoms with E-state index in [0.717, 1.165) is 5.56 Å². The Morgan fingerprint density at radius 1 is 1.24 bits per heavy atom. The van der Waals surface area contributed by atoms with E-state index in [1.165, 1.54) is 0 Å². The van der Waals surface area contributed by atoms with Crippen molar-refractivity contribution in [2.24, 2.45) is 0 Å². The summed E-state index contributed by atoms with van der Waals surface area (Å²) < 4.78 is 16.3. The third-order valence-corrected chi connectivity index (χ3v) is 2.95. The Bertz CT molecular complexity index is 426. The highest BCUT2D eigenvalue weighted by Crippen LogP contribution is 2.44. The molecule has 0 saturated heterocycles. The van der Waals surface area contributed by atoms with Gasteiger partial charge in [-0.25, -0.2) is 0 Å². The van der Waals surface area contributed by atoms with Gasteiger partial charge in [0.1, 0.15) is 11.4 Å². The quantitative estimate of drug-likeness (QED) is 0.858. The molecule has 4 heteroatoms. The molecule has 0 radical (unpaired) electrons. The smallest absolute Gasteiger partial charge is 0.164 e. The van der Waals surface area contributed by atoms with Crippen molar-refractivity contribution < 1.29 is 19.3 Å². The monoisotopic (exact) mass is 238 g/mol. The zero-order valence-electron chi connectivity index (χ0n) is 10.6. The summed E-state index contributed by atoms with van der Waals surface area (Å²) in [6.07, 6.45) is 0.0312. The van der Waals surface area contributed by atoms with Gasteiger partial charge < -0.3 is 19.3 Å². The molecule has 0 aromatic heterocycles. The third-order valence-electron chi connectivity index (χ3n) is 2.95. The highest BCUT2D eigenvalue weighted by atomic mass is 16.5. The van der Waals surface area contributed by atoms with Crippen LogP contribution in [0.2, 0.25) is 0 Å². The predicted octanol–water partition coefficient (Wildman–Crippen LogP) is 2.30. The first-order chi connectivity index (χ1) is 7.96. The standard InChI is InChI=1S/C13H18O4/c1-13(2)7-9(14)8-5-11(15-3)12(16-4)6-10(8)17-13/h5-6,9,14H,7H2,1-4H3/t9-/m1/s1. The fraction of sp³-hybridized carbons (Fsp3) is 0.538. The van der Waals surface area contributed by atoms with Crippen molar-refractivity contribution in [3.8, 4) is 17.2 Å². The number of rotatable bonds is 2. The minimum Gasteiger partial charge on any atom is -0.493 e. The van der Waals surface area contributed by atoms with Gasteiger partial charge in [0.05, 0.1) is 20.3 Å². The molecule has 0 spiro atoms. The molecule has 0 unspecified atom stereocenters. The summed E-state index contributed by atoms with van der Waals surface area (Å²) in [5.74, 6) is 1.87. The maximum absolute atomic E-state index is 10.1. The molecule has 17 heavy (non-hydrogen) atoms. The van der Waals surface area contributed by atoms with Crippen molar-refractivity contribution in [3.05, 3.63) is 17.7 Å². The molecule has 1 N–H and O–H groups in total. The zero-order valence-corrected chi connectivity index (χ0v) is 10.6. The van der Waals surface area contributed by atoms with E-state index in [0.29, 0.717) is 23.7 Å². The molecule has 0 saturated carbocycles. The van der Waals surface area contributed by atoms with Crippen LogP contribution in [0.3, 0.4) is 0 Å². The molecule has 1 heterocycles. The second kappa shape index (κ2) is 4.11. The lowest BCUT2D eigenvalue weighted by molar-refractivity contribution is 0.0111. The van der Waals surface area contributed by atoms with Gasteiger partial charge in [-0.3, -0.25) is 0 Å². The lowest BCUT2D eigenvalue weighted by Crippen LogP contribution is -2.34. The fourth-order valence-electron chi connectivity index (χ4n) is 2.14. The average Bonchev–Trinajstić information content (AvgIpc) is 2.26. The molecule has 1 aromatic rings. The van der Waals surface area contributed by atoms with Gasteiger partial charge in [-0.1, -0.05) is 0 Å². The van der Waals surface area contributed by atoms with Crippen LogP contribution in [0.1, 0.15) is 31.9 Å². The van der Waals surface area contributed by atoms with Crippen LogP contribution < -0.4 is 14.2 Å². The first-order valence-corrected chi connectivity index (χ1v) is 5.60. The normalized spacial score (nSPS) is 21.4. The number of fused-ring (bicyclic) bond motifs is 1. The molecule has 0 amide bonds. The SMILES string of the molecule is COc1cc2c(cc1OC)[C@H](O)CC(C)(C)O2. The molecule has 1 atom stereocenters. The van der Waals surface area contributed by atoms with Crippen LogP contribution >= 0.6 is 0 Å². The van der Waals surface area contributed by atoms with E-state index in [1.54, 1.807) is 26.4 Å². The maximum Gasteiger partial charge on any atom is 0.164 e. The van der Waals surface area contributed by atoms with Gasteiger partial charge in [0.25, 0.3) is 0 Å². The van der Waals surface area contributed by atoms with Crippen molar-refractivity contribution in [2.75, 3.05) is 14.2 Å². The molecular weight excluding hydrogens is 220 g/mol. The maximum atomic E-state index is 10.1. The molecular formula is C13H18O4. The number of methoxy groups -OCH3 is 2. The first-order valence-electron chi connectivity index (χ1n) is 5.60. The highest BCUT2D eigenvalue weighted by Gasteiger charge is 2.33. The lowest BCUT2D eigenvalue weighted by atomic mass is 9.91. The number of aliphatic hydroxyl groups excluding tert-OH is 1. The van der Waals surface area contributed by atoms with E-state index in [2.05, 4.69) is 0 Å². The van der Waals surface area contributed by atoms with Crippen LogP contribution in [0.4, 0.5) is 0 Å². The molecule has 4 nitrogen and oxygen atoms in total. The van der Waals surface area contributed by atoms with E-state index in [1.807, 2.05) is 13.8 Å². The summed E-state index contributed by atoms with van der Waals surface area (Å²) in [7, 11) is 3.15. The molecule has 1 aliphatic heterocycles. The largest absolute Gasteiger partial charge is 0.493 e. The van der Waals surface area contributed by atoms with Crippen molar-refractivity contribution in [3.63, 3.8) is 0 Å². The summed E-state index contributed by atoms with van der Waals surface area (Å²) in [6.45, 7) is 3.91. The minimum atomic E-state index is -0.534. The van der Waals surface area contributed by atoms with E-state index in [-0.39, 0.29) is 5.60 Å². The van der Waals surface area contributed by atoms with Crippen LogP contribution in [-0.4, -0.2) is 24.9 Å². The summed E-state index contributed by atoms with van der Waals surface area (Å²) in [6, 6.07) is 3.53. The van der Waals surface area contributed by atoms with Gasteiger partial charge in [0.15, 0.2) is 11.5 Å². The lowest BCUT2D eigenvalue weighted by Gasteiger charge is -2.35. The van der Waals surface area contributed by atoms with E-state index < -0.39 is 6.10 Å². The second-order valence-electron chi connectivity index (χ2n) is 4.83. The van der Waals surface area contributed by atoms with Gasteiger partial charge in [-0.05, 0) is 19.9 Å². The summed E-state index contributed by atoms with van der Waals surface area (Å²) in [5, 5.41) is 10.1. The predicted molar refractivity (Wildman–Crippen MR) is 63.8 cm³/mol. The van der Waals surface area contributed by atoms with Gasteiger partial charge in [0, 0.05) is 18.1 Å². The van der Waals surface area contributed by atoms with Gasteiger partial charge >= 0.3 is 0 Å². The summed E-state index contributed by atoms with van der Waals surface area (Å²) >= 11 is 0. The third kappa shape index (κ3) is 2.17. The molecule has 94 valence electrons. The van der Waals surface area contributed by atoms with Crippen LogP contribution in [0, 0.1) is 0 Å². The number of ether oxygens (including phenoxy) is 3. The van der Waals surface area contributed by atoms with Crippen molar-refractivity contribution in [1.29, 1.82) is 0 Å². The Hall–Kier alpha value is -1.42. The number of hydrogen-bond acceptors (Lipinski definition) is 4. The number of hydrogen-bond donors (Lipinski definition) is 1. The van der Waals surface area contributed by atoms with Crippen LogP contribution in [0.25, 0.3) is 0 Å². The average molecular weight is 238 g/mol. The topological polar surface area (TPSA) is 47.9 Å². The first kappa shape index (κ1) is 12.0. The molecule has 2 rings (SSSR count). The zero-order chi connectivity index (χ0) is 12.6. The molecule has 1 aromatic carbocycles. The van der Waals surface area contributed by atoms with Crippen molar-refractivity contribution in [2.45, 2.75) is 32.0 Å². The van der Waals surface area contributed by atoms with Crippen LogP contribution in [0.5, 0.6) is 17.2 Å². The Balaban J connectivity index is 2.50. The Morgan fingerprint density at radius 3 is 2.41 bits per heavy atom. The van der Waals surface area contributed by atoms with Crippen LogP contribution in [-0.2, 0) is 0 Å². The van der Waals surface area contributed by atoms with Gasteiger partial charge in [-0.15, -0.1) is 0 Å². The molecule has 0 bridgehead atoms.